The van der Waals surface area contributed by atoms with Gasteiger partial charge in [-0.1, -0.05) is 89.6 Å². The third kappa shape index (κ3) is 4.22. The molecule has 0 saturated carbocycles. The van der Waals surface area contributed by atoms with E-state index in [1.54, 1.807) is 0 Å². The van der Waals surface area contributed by atoms with Crippen molar-refractivity contribution in [2.24, 2.45) is 0 Å². The van der Waals surface area contributed by atoms with Gasteiger partial charge in [-0.15, -0.1) is 0 Å². The molecule has 178 valence electrons. The van der Waals surface area contributed by atoms with Crippen LogP contribution in [-0.4, -0.2) is 9.38 Å². The minimum Gasteiger partial charge on any atom is -0.292 e. The largest absolute Gasteiger partial charge is 0.292 e. The summed E-state index contributed by atoms with van der Waals surface area (Å²) >= 11 is 0. The summed E-state index contributed by atoms with van der Waals surface area (Å²) in [5.74, 6) is 0.486. The van der Waals surface area contributed by atoms with Crippen LogP contribution in [-0.2, 0) is 0 Å². The zero-order chi connectivity index (χ0) is 25.0. The van der Waals surface area contributed by atoms with E-state index in [4.69, 9.17) is 4.98 Å². The first kappa shape index (κ1) is 25.5. The van der Waals surface area contributed by atoms with E-state index in [0.29, 0.717) is 5.92 Å². The van der Waals surface area contributed by atoms with Crippen molar-refractivity contribution in [3.63, 3.8) is 0 Å². The molecule has 0 saturated heterocycles. The Bertz CT molecular complexity index is 1400. The van der Waals surface area contributed by atoms with Crippen molar-refractivity contribution in [2.75, 3.05) is 0 Å². The molecule has 5 aromatic rings. The van der Waals surface area contributed by atoms with Crippen LogP contribution in [0.15, 0.2) is 60.8 Å². The molecule has 2 aromatic heterocycles. The van der Waals surface area contributed by atoms with Crippen LogP contribution in [0.3, 0.4) is 0 Å². The molecular weight excluding hydrogens is 412 g/mol. The lowest BCUT2D eigenvalue weighted by molar-refractivity contribution is 0.740. The first-order chi connectivity index (χ1) is 16.5. The number of nitrogens with zero attached hydrogens (tertiary/aromatic N) is 2. The fraction of sp³-hybridized carbons (Fsp3) is 0.344. The standard InChI is InChI=1S/C28H28N2.2C2H6/c1-6-18(3)21-11-8-12-22-23-15-17(2)13-14-24(23)30-25(16-29-28(30)27(21)22)26-19(4)9-7-10-20(26)5;2*1-2/h7-16,18H,6H2,1-5H3;2*1-2H3. The summed E-state index contributed by atoms with van der Waals surface area (Å²) in [5, 5.41) is 3.90. The van der Waals surface area contributed by atoms with E-state index < -0.39 is 0 Å². The Morgan fingerprint density at radius 3 is 2.12 bits per heavy atom. The molecule has 0 aliphatic rings. The molecule has 2 nitrogen and oxygen atoms in total. The molecule has 3 aromatic carbocycles. The van der Waals surface area contributed by atoms with E-state index in [2.05, 4.69) is 99.8 Å². The minimum atomic E-state index is 0.486. The van der Waals surface area contributed by atoms with Crippen LogP contribution in [0, 0.1) is 20.8 Å². The summed E-state index contributed by atoms with van der Waals surface area (Å²) < 4.78 is 2.39. The molecule has 0 N–H and O–H groups in total. The zero-order valence-corrected chi connectivity index (χ0v) is 22.5. The Labute approximate surface area is 205 Å². The van der Waals surface area contributed by atoms with Crippen molar-refractivity contribution >= 4 is 27.3 Å². The second-order valence-corrected chi connectivity index (χ2v) is 8.67. The number of aryl methyl sites for hydroxylation is 3. The van der Waals surface area contributed by atoms with Gasteiger partial charge in [0.15, 0.2) is 0 Å². The van der Waals surface area contributed by atoms with E-state index in [0.717, 1.165) is 12.1 Å². The number of fused-ring (bicyclic) bond motifs is 6. The van der Waals surface area contributed by atoms with Crippen molar-refractivity contribution in [3.8, 4) is 11.3 Å². The Balaban J connectivity index is 0.000000771. The van der Waals surface area contributed by atoms with Gasteiger partial charge < -0.3 is 0 Å². The molecular formula is C32H40N2. The van der Waals surface area contributed by atoms with Crippen LogP contribution in [0.5, 0.6) is 0 Å². The van der Waals surface area contributed by atoms with E-state index in [-0.39, 0.29) is 0 Å². The summed E-state index contributed by atoms with van der Waals surface area (Å²) in [6.45, 7) is 19.1. The average molecular weight is 453 g/mol. The third-order valence-electron chi connectivity index (χ3n) is 6.65. The number of hydrogen-bond acceptors (Lipinski definition) is 1. The first-order valence-electron chi connectivity index (χ1n) is 12.9. The van der Waals surface area contributed by atoms with Crippen LogP contribution in [0.1, 0.15) is 76.1 Å². The van der Waals surface area contributed by atoms with Crippen molar-refractivity contribution in [1.29, 1.82) is 0 Å². The molecule has 0 bridgehead atoms. The highest BCUT2D eigenvalue weighted by molar-refractivity contribution is 6.14. The van der Waals surface area contributed by atoms with Crippen molar-refractivity contribution in [1.82, 2.24) is 9.38 Å². The number of imidazole rings is 1. The topological polar surface area (TPSA) is 17.3 Å². The van der Waals surface area contributed by atoms with Gasteiger partial charge in [-0.2, -0.15) is 0 Å². The van der Waals surface area contributed by atoms with Crippen LogP contribution < -0.4 is 0 Å². The predicted molar refractivity (Wildman–Crippen MR) is 151 cm³/mol. The molecule has 0 aliphatic carbocycles. The third-order valence-corrected chi connectivity index (χ3v) is 6.65. The maximum Gasteiger partial charge on any atom is 0.145 e. The fourth-order valence-electron chi connectivity index (χ4n) is 4.90. The molecule has 0 radical (unpaired) electrons. The van der Waals surface area contributed by atoms with Crippen LogP contribution in [0.25, 0.3) is 38.6 Å². The van der Waals surface area contributed by atoms with E-state index >= 15 is 0 Å². The lowest BCUT2D eigenvalue weighted by Gasteiger charge is -2.18. The second kappa shape index (κ2) is 10.9. The van der Waals surface area contributed by atoms with Gasteiger partial charge in [0.2, 0.25) is 0 Å². The Morgan fingerprint density at radius 2 is 1.47 bits per heavy atom. The molecule has 1 unspecified atom stereocenters. The van der Waals surface area contributed by atoms with Crippen LogP contribution >= 0.6 is 0 Å². The molecule has 2 heteroatoms. The highest BCUT2D eigenvalue weighted by atomic mass is 15.0. The van der Waals surface area contributed by atoms with Crippen molar-refractivity contribution < 1.29 is 0 Å². The van der Waals surface area contributed by atoms with Gasteiger partial charge in [0.1, 0.15) is 5.65 Å². The minimum absolute atomic E-state index is 0.486. The Morgan fingerprint density at radius 1 is 0.824 bits per heavy atom. The Hall–Kier alpha value is -3.13. The van der Waals surface area contributed by atoms with Crippen molar-refractivity contribution in [3.05, 3.63) is 83.0 Å². The second-order valence-electron chi connectivity index (χ2n) is 8.67. The molecule has 5 rings (SSSR count). The zero-order valence-electron chi connectivity index (χ0n) is 22.5. The highest BCUT2D eigenvalue weighted by Crippen LogP contribution is 2.38. The van der Waals surface area contributed by atoms with E-state index in [1.807, 2.05) is 27.7 Å². The summed E-state index contributed by atoms with van der Waals surface area (Å²) in [7, 11) is 0. The number of aromatic nitrogens is 2. The van der Waals surface area contributed by atoms with Gasteiger partial charge in [-0.25, -0.2) is 4.98 Å². The summed E-state index contributed by atoms with van der Waals surface area (Å²) in [4.78, 5) is 5.02. The molecule has 0 aliphatic heterocycles. The lowest BCUT2D eigenvalue weighted by Crippen LogP contribution is -2.00. The quantitative estimate of drug-likeness (QED) is 0.249. The van der Waals surface area contributed by atoms with E-state index in [1.165, 1.54) is 55.2 Å². The van der Waals surface area contributed by atoms with Gasteiger partial charge in [0.05, 0.1) is 17.4 Å². The van der Waals surface area contributed by atoms with Gasteiger partial charge in [-0.05, 0) is 67.3 Å². The highest BCUT2D eigenvalue weighted by Gasteiger charge is 2.19. The molecule has 1 atom stereocenters. The first-order valence-corrected chi connectivity index (χ1v) is 12.9. The van der Waals surface area contributed by atoms with E-state index in [9.17, 15) is 0 Å². The fourth-order valence-corrected chi connectivity index (χ4v) is 4.90. The summed E-state index contributed by atoms with van der Waals surface area (Å²) in [6, 6.07) is 20.1. The van der Waals surface area contributed by atoms with Gasteiger partial charge >= 0.3 is 0 Å². The summed E-state index contributed by atoms with van der Waals surface area (Å²) in [5.41, 5.74) is 9.99. The monoisotopic (exact) mass is 452 g/mol. The van der Waals surface area contributed by atoms with Crippen LogP contribution in [0.4, 0.5) is 0 Å². The van der Waals surface area contributed by atoms with Crippen molar-refractivity contribution in [2.45, 2.75) is 74.7 Å². The summed E-state index contributed by atoms with van der Waals surface area (Å²) in [6.07, 6.45) is 3.18. The van der Waals surface area contributed by atoms with Crippen LogP contribution in [0.2, 0.25) is 0 Å². The molecule has 2 heterocycles. The number of rotatable bonds is 3. The number of benzene rings is 3. The van der Waals surface area contributed by atoms with Gasteiger partial charge in [0.25, 0.3) is 0 Å². The number of hydrogen-bond donors (Lipinski definition) is 0. The smallest absolute Gasteiger partial charge is 0.145 e. The molecule has 0 fully saturated rings. The maximum atomic E-state index is 5.02. The lowest BCUT2D eigenvalue weighted by atomic mass is 9.92. The molecule has 0 spiro atoms. The predicted octanol–water partition coefficient (Wildman–Crippen LogP) is 9.80. The number of pyridine rings is 1. The normalized spacial score (nSPS) is 11.7. The van der Waals surface area contributed by atoms with Gasteiger partial charge in [0, 0.05) is 16.3 Å². The van der Waals surface area contributed by atoms with Gasteiger partial charge in [-0.3, -0.25) is 4.40 Å². The average Bonchev–Trinajstić information content (AvgIpc) is 3.30. The SMILES string of the molecule is CC.CC.CCC(C)c1cccc2c3cc(C)ccc3n3c(-c4c(C)cccc4C)cnc3c12. The Kier molecular flexibility index (Phi) is 8.15. The maximum absolute atomic E-state index is 5.02. The molecule has 34 heavy (non-hydrogen) atoms. The molecule has 0 amide bonds.